The number of nitrogens with one attached hydrogen (secondary N) is 3. The molecular weight excluding hydrogens is 502 g/mol. The van der Waals surface area contributed by atoms with E-state index in [4.69, 9.17) is 11.6 Å². The number of nitrogens with zero attached hydrogens (tertiary/aromatic N) is 8. The number of halogens is 1. The lowest BCUT2D eigenvalue weighted by molar-refractivity contribution is 0.137. The Morgan fingerprint density at radius 1 is 1.08 bits per heavy atom. The van der Waals surface area contributed by atoms with Crippen molar-refractivity contribution in [3.63, 3.8) is 0 Å². The SMILES string of the molecule is C[C@H]1CN(C2CCNCC2)CCN1c1cc(C#N)cc(Nc2nc(NC3CC3)n3ncc(C#N)c3n2)c1Cl. The molecule has 2 aliphatic heterocycles. The summed E-state index contributed by atoms with van der Waals surface area (Å²) in [6.07, 6.45) is 5.96. The summed E-state index contributed by atoms with van der Waals surface area (Å²) in [7, 11) is 0. The minimum absolute atomic E-state index is 0.241. The Bertz CT molecular complexity index is 1430. The van der Waals surface area contributed by atoms with E-state index in [1.54, 1.807) is 10.6 Å². The van der Waals surface area contributed by atoms with E-state index < -0.39 is 0 Å². The minimum Gasteiger partial charge on any atom is -0.365 e. The van der Waals surface area contributed by atoms with Crippen LogP contribution in [0, 0.1) is 22.7 Å². The fourth-order valence-corrected chi connectivity index (χ4v) is 5.72. The van der Waals surface area contributed by atoms with Gasteiger partial charge >= 0.3 is 0 Å². The van der Waals surface area contributed by atoms with E-state index in [0.29, 0.717) is 45.5 Å². The summed E-state index contributed by atoms with van der Waals surface area (Å²) < 4.78 is 1.55. The Hall–Kier alpha value is -3.64. The van der Waals surface area contributed by atoms with Gasteiger partial charge in [0.05, 0.1) is 34.2 Å². The van der Waals surface area contributed by atoms with E-state index >= 15 is 0 Å². The molecule has 0 amide bonds. The zero-order valence-corrected chi connectivity index (χ0v) is 22.0. The molecule has 1 saturated carbocycles. The van der Waals surface area contributed by atoms with Crippen molar-refractivity contribution in [2.45, 2.75) is 50.7 Å². The highest BCUT2D eigenvalue weighted by Gasteiger charge is 2.31. The van der Waals surface area contributed by atoms with E-state index in [1.165, 1.54) is 19.0 Å². The van der Waals surface area contributed by atoms with Crippen molar-refractivity contribution in [2.75, 3.05) is 48.3 Å². The highest BCUT2D eigenvalue weighted by molar-refractivity contribution is 6.36. The predicted molar refractivity (Wildman–Crippen MR) is 146 cm³/mol. The van der Waals surface area contributed by atoms with Crippen LogP contribution in [0.5, 0.6) is 0 Å². The second-order valence-electron chi connectivity index (χ2n) is 10.3. The third-order valence-electron chi connectivity index (χ3n) is 7.62. The number of benzene rings is 1. The molecule has 196 valence electrons. The molecule has 1 atom stereocenters. The number of anilines is 4. The maximum absolute atomic E-state index is 9.81. The molecule has 12 heteroatoms. The van der Waals surface area contributed by atoms with Crippen molar-refractivity contribution >= 4 is 40.5 Å². The second-order valence-corrected chi connectivity index (χ2v) is 10.7. The van der Waals surface area contributed by atoms with Gasteiger partial charge in [0.25, 0.3) is 0 Å². The van der Waals surface area contributed by atoms with Gasteiger partial charge < -0.3 is 20.9 Å². The number of hydrogen-bond donors (Lipinski definition) is 3. The first-order valence-corrected chi connectivity index (χ1v) is 13.6. The second kappa shape index (κ2) is 10.3. The average Bonchev–Trinajstić information content (AvgIpc) is 3.66. The molecule has 6 rings (SSSR count). The minimum atomic E-state index is 0.241. The van der Waals surface area contributed by atoms with Crippen molar-refractivity contribution in [3.05, 3.63) is 34.5 Å². The maximum Gasteiger partial charge on any atom is 0.232 e. The Labute approximate surface area is 226 Å². The lowest BCUT2D eigenvalue weighted by atomic mass is 10.0. The van der Waals surface area contributed by atoms with E-state index in [-0.39, 0.29) is 12.0 Å². The van der Waals surface area contributed by atoms with Gasteiger partial charge in [-0.15, -0.1) is 0 Å². The first-order chi connectivity index (χ1) is 18.5. The fourth-order valence-electron chi connectivity index (χ4n) is 5.46. The van der Waals surface area contributed by atoms with Gasteiger partial charge in [0.2, 0.25) is 11.9 Å². The molecule has 11 nitrogen and oxygen atoms in total. The maximum atomic E-state index is 9.81. The van der Waals surface area contributed by atoms with E-state index in [2.05, 4.69) is 59.9 Å². The number of nitriles is 2. The van der Waals surface area contributed by atoms with Gasteiger partial charge in [-0.25, -0.2) is 0 Å². The molecule has 2 aromatic heterocycles. The highest BCUT2D eigenvalue weighted by Crippen LogP contribution is 2.38. The lowest BCUT2D eigenvalue weighted by Gasteiger charge is -2.45. The van der Waals surface area contributed by atoms with Crippen molar-refractivity contribution < 1.29 is 0 Å². The first kappa shape index (κ1) is 24.7. The van der Waals surface area contributed by atoms with Gasteiger partial charge in [0.1, 0.15) is 11.6 Å². The van der Waals surface area contributed by atoms with Crippen LogP contribution in [-0.4, -0.2) is 75.3 Å². The van der Waals surface area contributed by atoms with Crippen LogP contribution in [-0.2, 0) is 0 Å². The monoisotopic (exact) mass is 531 g/mol. The molecule has 0 radical (unpaired) electrons. The van der Waals surface area contributed by atoms with Gasteiger partial charge in [-0.3, -0.25) is 4.90 Å². The number of piperidine rings is 1. The summed E-state index contributed by atoms with van der Waals surface area (Å²) in [5.41, 5.74) is 2.63. The molecule has 3 N–H and O–H groups in total. The van der Waals surface area contributed by atoms with Crippen LogP contribution in [0.25, 0.3) is 5.65 Å². The van der Waals surface area contributed by atoms with Gasteiger partial charge in [-0.1, -0.05) is 11.6 Å². The van der Waals surface area contributed by atoms with Crippen LogP contribution in [0.1, 0.15) is 43.7 Å². The third-order valence-corrected chi connectivity index (χ3v) is 8.02. The van der Waals surface area contributed by atoms with Crippen LogP contribution in [0.4, 0.5) is 23.3 Å². The van der Waals surface area contributed by atoms with Crippen LogP contribution in [0.15, 0.2) is 18.3 Å². The normalized spacial score (nSPS) is 20.7. The summed E-state index contributed by atoms with van der Waals surface area (Å²) in [6.45, 7) is 7.11. The highest BCUT2D eigenvalue weighted by atomic mass is 35.5. The van der Waals surface area contributed by atoms with Crippen molar-refractivity contribution in [1.29, 1.82) is 10.5 Å². The Morgan fingerprint density at radius 2 is 1.89 bits per heavy atom. The number of rotatable bonds is 6. The van der Waals surface area contributed by atoms with Crippen LogP contribution in [0.3, 0.4) is 0 Å². The zero-order valence-electron chi connectivity index (χ0n) is 21.3. The molecule has 1 aromatic carbocycles. The lowest BCUT2D eigenvalue weighted by Crippen LogP contribution is -2.56. The van der Waals surface area contributed by atoms with Crippen molar-refractivity contribution in [1.82, 2.24) is 29.8 Å². The molecule has 38 heavy (non-hydrogen) atoms. The topological polar surface area (TPSA) is 133 Å². The van der Waals surface area contributed by atoms with Crippen molar-refractivity contribution in [2.24, 2.45) is 0 Å². The first-order valence-electron chi connectivity index (χ1n) is 13.2. The van der Waals surface area contributed by atoms with Gasteiger partial charge in [-0.2, -0.15) is 30.1 Å². The standard InChI is InChI=1S/C26H30ClN11/c1-16-15-36(20-4-6-30-7-5-20)8-9-37(16)22-11-17(12-28)10-21(23(22)27)33-25-34-24-18(13-29)14-31-38(24)26(35-25)32-19-2-3-19/h10-11,14,16,19-20,30H,2-9,15H2,1H3,(H2,32,33,34,35)/t16-/m0/s1. The van der Waals surface area contributed by atoms with Crippen LogP contribution >= 0.6 is 11.6 Å². The average molecular weight is 532 g/mol. The summed E-state index contributed by atoms with van der Waals surface area (Å²) in [5.74, 6) is 0.793. The largest absolute Gasteiger partial charge is 0.365 e. The van der Waals surface area contributed by atoms with Crippen LogP contribution in [0.2, 0.25) is 5.02 Å². The molecule has 1 aliphatic carbocycles. The number of aromatic nitrogens is 4. The number of hydrogen-bond acceptors (Lipinski definition) is 10. The smallest absolute Gasteiger partial charge is 0.232 e. The molecule has 2 saturated heterocycles. The number of fused-ring (bicyclic) bond motifs is 1. The molecule has 4 heterocycles. The molecule has 3 aliphatic rings. The summed E-state index contributed by atoms with van der Waals surface area (Å²) in [6, 6.07) is 9.17. The quantitative estimate of drug-likeness (QED) is 0.435. The molecular formula is C26H30ClN11. The van der Waals surface area contributed by atoms with Gasteiger partial charge in [0, 0.05) is 37.8 Å². The Kier molecular flexibility index (Phi) is 6.66. The van der Waals surface area contributed by atoms with E-state index in [0.717, 1.165) is 51.3 Å². The van der Waals surface area contributed by atoms with Gasteiger partial charge in [0.15, 0.2) is 5.65 Å². The van der Waals surface area contributed by atoms with E-state index in [1.807, 2.05) is 6.07 Å². The Morgan fingerprint density at radius 3 is 2.61 bits per heavy atom. The molecule has 0 bridgehead atoms. The summed E-state index contributed by atoms with van der Waals surface area (Å²) >= 11 is 6.98. The third kappa shape index (κ3) is 4.81. The van der Waals surface area contributed by atoms with Crippen LogP contribution < -0.4 is 20.9 Å². The van der Waals surface area contributed by atoms with Gasteiger partial charge in [-0.05, 0) is 57.8 Å². The van der Waals surface area contributed by atoms with Crippen molar-refractivity contribution in [3.8, 4) is 12.1 Å². The molecule has 0 unspecified atom stereocenters. The predicted octanol–water partition coefficient (Wildman–Crippen LogP) is 3.10. The summed E-state index contributed by atoms with van der Waals surface area (Å²) in [4.78, 5) is 14.1. The fraction of sp³-hybridized carbons (Fsp3) is 0.500. The Balaban J connectivity index is 1.30. The molecule has 3 aromatic rings. The molecule has 3 fully saturated rings. The zero-order chi connectivity index (χ0) is 26.2. The summed E-state index contributed by atoms with van der Waals surface area (Å²) in [5, 5.41) is 34.2. The number of piperazine rings is 1. The molecule has 0 spiro atoms. The van der Waals surface area contributed by atoms with E-state index in [9.17, 15) is 10.5 Å².